The summed E-state index contributed by atoms with van der Waals surface area (Å²) in [4.78, 5) is 31.9. The molecule has 1 aliphatic rings. The number of likely N-dealkylation sites (tertiary alicyclic amines) is 1. The Labute approximate surface area is 268 Å². The molecule has 2 amide bonds. The Hall–Kier alpha value is -4.35. The van der Waals surface area contributed by atoms with E-state index in [0.29, 0.717) is 49.6 Å². The van der Waals surface area contributed by atoms with Gasteiger partial charge in [0.2, 0.25) is 0 Å². The lowest BCUT2D eigenvalue weighted by Gasteiger charge is -2.42. The number of anilines is 1. The second kappa shape index (κ2) is 16.1. The van der Waals surface area contributed by atoms with Gasteiger partial charge in [-0.2, -0.15) is 5.26 Å². The minimum absolute atomic E-state index is 0.00135. The molecule has 4 rings (SSSR count). The van der Waals surface area contributed by atoms with Crippen molar-refractivity contribution in [1.29, 1.82) is 5.26 Å². The highest BCUT2D eigenvalue weighted by molar-refractivity contribution is 5.97. The molecular formula is C37H47N5O3. The second-order valence-electron chi connectivity index (χ2n) is 11.9. The number of hydrogen-bond donors (Lipinski definition) is 1. The van der Waals surface area contributed by atoms with Crippen molar-refractivity contribution in [2.24, 2.45) is 0 Å². The maximum absolute atomic E-state index is 12.8. The summed E-state index contributed by atoms with van der Waals surface area (Å²) >= 11 is 0. The van der Waals surface area contributed by atoms with E-state index in [1.165, 1.54) is 0 Å². The molecule has 1 unspecified atom stereocenters. The molecule has 1 saturated heterocycles. The summed E-state index contributed by atoms with van der Waals surface area (Å²) in [6.07, 6.45) is 2.54. The van der Waals surface area contributed by atoms with Gasteiger partial charge in [0.05, 0.1) is 11.6 Å². The van der Waals surface area contributed by atoms with Gasteiger partial charge < -0.3 is 24.8 Å². The molecule has 1 atom stereocenters. The zero-order chi connectivity index (χ0) is 32.3. The molecule has 3 aromatic rings. The molecular weight excluding hydrogens is 562 g/mol. The number of ether oxygens (including phenoxy) is 1. The third kappa shape index (κ3) is 8.86. The van der Waals surface area contributed by atoms with Crippen molar-refractivity contribution in [1.82, 2.24) is 15.1 Å². The number of nitriles is 1. The van der Waals surface area contributed by atoms with E-state index in [1.807, 2.05) is 88.4 Å². The molecule has 3 aromatic carbocycles. The summed E-state index contributed by atoms with van der Waals surface area (Å²) in [7, 11) is 0. The molecule has 238 valence electrons. The van der Waals surface area contributed by atoms with E-state index in [4.69, 9.17) is 4.74 Å². The zero-order valence-corrected chi connectivity index (χ0v) is 27.4. The first-order valence-electron chi connectivity index (χ1n) is 16.1. The van der Waals surface area contributed by atoms with Crippen LogP contribution in [0.3, 0.4) is 0 Å². The lowest BCUT2D eigenvalue weighted by molar-refractivity contribution is 0.0943. The van der Waals surface area contributed by atoms with Crippen LogP contribution in [0.4, 0.5) is 10.5 Å². The van der Waals surface area contributed by atoms with Crippen LogP contribution in [0, 0.1) is 25.2 Å². The number of amides is 2. The van der Waals surface area contributed by atoms with Crippen molar-refractivity contribution < 1.29 is 14.3 Å². The van der Waals surface area contributed by atoms with E-state index >= 15 is 0 Å². The summed E-state index contributed by atoms with van der Waals surface area (Å²) in [5.41, 5.74) is 5.58. The SMILES string of the molecule is CCN(CC)C(=O)Oc1ccc(N(Cc2cccc(C#N)c2)C2CCN(C(C)CCNC(=O)c3c(C)cccc3C)CC2)cc1. The van der Waals surface area contributed by atoms with Crippen molar-refractivity contribution >= 4 is 17.7 Å². The van der Waals surface area contributed by atoms with Gasteiger partial charge in [-0.3, -0.25) is 4.79 Å². The normalized spacial score (nSPS) is 14.3. The van der Waals surface area contributed by atoms with Gasteiger partial charge >= 0.3 is 6.09 Å². The zero-order valence-electron chi connectivity index (χ0n) is 27.4. The van der Waals surface area contributed by atoms with Gasteiger partial charge in [-0.1, -0.05) is 30.3 Å². The quantitative estimate of drug-likeness (QED) is 0.246. The van der Waals surface area contributed by atoms with Crippen LogP contribution in [0.25, 0.3) is 0 Å². The number of aryl methyl sites for hydroxylation is 2. The molecule has 0 aromatic heterocycles. The highest BCUT2D eigenvalue weighted by Gasteiger charge is 2.28. The van der Waals surface area contributed by atoms with Crippen molar-refractivity contribution in [2.45, 2.75) is 72.5 Å². The molecule has 1 heterocycles. The maximum atomic E-state index is 12.8. The van der Waals surface area contributed by atoms with Crippen LogP contribution in [0.15, 0.2) is 66.7 Å². The van der Waals surface area contributed by atoms with E-state index in [9.17, 15) is 14.9 Å². The largest absolute Gasteiger partial charge is 0.415 e. The third-order valence-corrected chi connectivity index (χ3v) is 8.92. The Morgan fingerprint density at radius 1 is 1.00 bits per heavy atom. The fraction of sp³-hybridized carbons (Fsp3) is 0.432. The minimum atomic E-state index is -0.343. The Bertz CT molecular complexity index is 1450. The maximum Gasteiger partial charge on any atom is 0.415 e. The van der Waals surface area contributed by atoms with Gasteiger partial charge in [0.15, 0.2) is 0 Å². The van der Waals surface area contributed by atoms with Crippen LogP contribution in [0.5, 0.6) is 5.75 Å². The van der Waals surface area contributed by atoms with Crippen molar-refractivity contribution in [3.63, 3.8) is 0 Å². The number of carbonyl (C=O) groups excluding carboxylic acids is 2. The van der Waals surface area contributed by atoms with Crippen molar-refractivity contribution in [2.75, 3.05) is 37.6 Å². The van der Waals surface area contributed by atoms with Crippen LogP contribution in [-0.4, -0.2) is 66.6 Å². The molecule has 1 fully saturated rings. The highest BCUT2D eigenvalue weighted by atomic mass is 16.6. The van der Waals surface area contributed by atoms with Crippen LogP contribution in [0.1, 0.15) is 72.6 Å². The number of nitrogens with zero attached hydrogens (tertiary/aromatic N) is 4. The minimum Gasteiger partial charge on any atom is -0.410 e. The van der Waals surface area contributed by atoms with Crippen molar-refractivity contribution in [3.05, 3.63) is 94.5 Å². The van der Waals surface area contributed by atoms with Crippen LogP contribution in [-0.2, 0) is 6.54 Å². The van der Waals surface area contributed by atoms with Crippen LogP contribution >= 0.6 is 0 Å². The first-order valence-corrected chi connectivity index (χ1v) is 16.1. The monoisotopic (exact) mass is 609 g/mol. The number of benzene rings is 3. The Morgan fingerprint density at radius 3 is 2.27 bits per heavy atom. The molecule has 0 bridgehead atoms. The van der Waals surface area contributed by atoms with Gasteiger partial charge in [-0.05, 0) is 107 Å². The van der Waals surface area contributed by atoms with Gasteiger partial charge in [0.25, 0.3) is 5.91 Å². The average Bonchev–Trinajstić information content (AvgIpc) is 3.05. The number of piperidine rings is 1. The molecule has 0 spiro atoms. The number of rotatable bonds is 12. The molecule has 1 N–H and O–H groups in total. The lowest BCUT2D eigenvalue weighted by Crippen LogP contribution is -2.48. The first kappa shape index (κ1) is 33.5. The van der Waals surface area contributed by atoms with Crippen LogP contribution < -0.4 is 15.0 Å². The molecule has 45 heavy (non-hydrogen) atoms. The molecule has 0 aliphatic carbocycles. The summed E-state index contributed by atoms with van der Waals surface area (Å²) < 4.78 is 5.61. The fourth-order valence-electron chi connectivity index (χ4n) is 6.20. The Kier molecular flexibility index (Phi) is 12.0. The van der Waals surface area contributed by atoms with E-state index in [2.05, 4.69) is 34.2 Å². The van der Waals surface area contributed by atoms with Gasteiger partial charge in [-0.15, -0.1) is 0 Å². The van der Waals surface area contributed by atoms with Gasteiger partial charge in [-0.25, -0.2) is 4.79 Å². The summed E-state index contributed by atoms with van der Waals surface area (Å²) in [5, 5.41) is 12.6. The number of hydrogen-bond acceptors (Lipinski definition) is 6. The molecule has 1 aliphatic heterocycles. The van der Waals surface area contributed by atoms with Crippen molar-refractivity contribution in [3.8, 4) is 11.8 Å². The predicted octanol–water partition coefficient (Wildman–Crippen LogP) is 6.70. The average molecular weight is 610 g/mol. The lowest BCUT2D eigenvalue weighted by atomic mass is 9.99. The molecule has 0 radical (unpaired) electrons. The Balaban J connectivity index is 1.39. The standard InChI is InChI=1S/C37H47N5O3/c1-6-40(7-2)37(44)45-34-16-14-32(15-17-34)42(26-31-13-9-12-30(24-31)25-38)33-19-22-41(23-20-33)29(5)18-21-39-36(43)35-27(3)10-8-11-28(35)4/h8-17,24,29,33H,6-7,18-23,26H2,1-5H3,(H,39,43). The van der Waals surface area contributed by atoms with Gasteiger partial charge in [0.1, 0.15) is 5.75 Å². The summed E-state index contributed by atoms with van der Waals surface area (Å²) in [6, 6.07) is 24.4. The van der Waals surface area contributed by atoms with E-state index in [-0.39, 0.29) is 12.0 Å². The van der Waals surface area contributed by atoms with E-state index < -0.39 is 0 Å². The number of carbonyl (C=O) groups is 2. The topological polar surface area (TPSA) is 88.9 Å². The third-order valence-electron chi connectivity index (χ3n) is 8.92. The van der Waals surface area contributed by atoms with Crippen LogP contribution in [0.2, 0.25) is 0 Å². The fourth-order valence-corrected chi connectivity index (χ4v) is 6.20. The molecule has 8 nitrogen and oxygen atoms in total. The smallest absolute Gasteiger partial charge is 0.410 e. The Morgan fingerprint density at radius 2 is 1.64 bits per heavy atom. The molecule has 0 saturated carbocycles. The first-order chi connectivity index (χ1) is 21.7. The van der Waals surface area contributed by atoms with E-state index in [0.717, 1.165) is 60.3 Å². The summed E-state index contributed by atoms with van der Waals surface area (Å²) in [5.74, 6) is 0.525. The second-order valence-corrected chi connectivity index (χ2v) is 11.9. The van der Waals surface area contributed by atoms with E-state index in [1.54, 1.807) is 4.90 Å². The highest BCUT2D eigenvalue weighted by Crippen LogP contribution is 2.29. The predicted molar refractivity (Wildman–Crippen MR) is 180 cm³/mol. The van der Waals surface area contributed by atoms with Gasteiger partial charge in [0, 0.05) is 62.6 Å². The summed E-state index contributed by atoms with van der Waals surface area (Å²) in [6.45, 7) is 14.5. The number of nitrogens with one attached hydrogen (secondary N) is 1. The molecule has 8 heteroatoms.